The van der Waals surface area contributed by atoms with E-state index >= 15 is 0 Å². The third-order valence-corrected chi connectivity index (χ3v) is 3.77. The number of nitrogens with zero attached hydrogens (tertiary/aromatic N) is 1. The molecule has 0 fully saturated rings. The predicted octanol–water partition coefficient (Wildman–Crippen LogP) is 3.46. The van der Waals surface area contributed by atoms with Crippen LogP contribution < -0.4 is 20.1 Å². The van der Waals surface area contributed by atoms with E-state index in [1.807, 2.05) is 36.4 Å². The fraction of sp³-hybridized carbons (Fsp3) is 0.278. The quantitative estimate of drug-likeness (QED) is 0.436. The van der Waals surface area contributed by atoms with Crippen LogP contribution in [0.1, 0.15) is 24.1 Å². The SMILES string of the molecule is CN=C(NCc1ccc2c(c1)OCO2)NC(C)c1ccccc1.I. The molecule has 6 heteroatoms. The maximum Gasteiger partial charge on any atom is 0.231 e. The molecule has 1 atom stereocenters. The van der Waals surface area contributed by atoms with Crippen molar-refractivity contribution in [2.75, 3.05) is 13.8 Å². The molecule has 0 radical (unpaired) electrons. The highest BCUT2D eigenvalue weighted by Crippen LogP contribution is 2.32. The number of guanidine groups is 1. The van der Waals surface area contributed by atoms with E-state index in [0.29, 0.717) is 13.3 Å². The Morgan fingerprint density at radius 3 is 2.62 bits per heavy atom. The first kappa shape index (κ1) is 18.4. The summed E-state index contributed by atoms with van der Waals surface area (Å²) in [5, 5.41) is 6.71. The number of fused-ring (bicyclic) bond motifs is 1. The Balaban J connectivity index is 0.00000208. The molecule has 0 amide bonds. The number of hydrogen-bond acceptors (Lipinski definition) is 3. The zero-order valence-electron chi connectivity index (χ0n) is 13.8. The van der Waals surface area contributed by atoms with Crippen molar-refractivity contribution in [1.29, 1.82) is 0 Å². The molecule has 2 aromatic carbocycles. The maximum atomic E-state index is 5.40. The number of halogens is 1. The highest BCUT2D eigenvalue weighted by molar-refractivity contribution is 14.0. The number of hydrogen-bond donors (Lipinski definition) is 2. The van der Waals surface area contributed by atoms with Gasteiger partial charge in [0.25, 0.3) is 0 Å². The normalized spacial score (nSPS) is 13.8. The first-order chi connectivity index (χ1) is 11.3. The number of aliphatic imine (C=N–C) groups is 1. The molecule has 0 saturated carbocycles. The minimum Gasteiger partial charge on any atom is -0.454 e. The van der Waals surface area contributed by atoms with Gasteiger partial charge in [-0.05, 0) is 30.2 Å². The largest absolute Gasteiger partial charge is 0.454 e. The Morgan fingerprint density at radius 1 is 1.12 bits per heavy atom. The molecule has 2 aromatic rings. The van der Waals surface area contributed by atoms with E-state index < -0.39 is 0 Å². The van der Waals surface area contributed by atoms with Crippen LogP contribution in [0.3, 0.4) is 0 Å². The highest BCUT2D eigenvalue weighted by Gasteiger charge is 2.13. The molecule has 0 aromatic heterocycles. The number of ether oxygens (including phenoxy) is 2. The summed E-state index contributed by atoms with van der Waals surface area (Å²) >= 11 is 0. The maximum absolute atomic E-state index is 5.40. The van der Waals surface area contributed by atoms with Crippen LogP contribution in [0.25, 0.3) is 0 Å². The van der Waals surface area contributed by atoms with Gasteiger partial charge in [-0.2, -0.15) is 0 Å². The van der Waals surface area contributed by atoms with Crippen LogP contribution in [0, 0.1) is 0 Å². The smallest absolute Gasteiger partial charge is 0.231 e. The Labute approximate surface area is 159 Å². The van der Waals surface area contributed by atoms with Gasteiger partial charge in [-0.1, -0.05) is 36.4 Å². The van der Waals surface area contributed by atoms with Gasteiger partial charge >= 0.3 is 0 Å². The second-order valence-electron chi connectivity index (χ2n) is 5.39. The molecule has 1 aliphatic heterocycles. The van der Waals surface area contributed by atoms with E-state index in [2.05, 4.69) is 34.7 Å². The van der Waals surface area contributed by atoms with Crippen molar-refractivity contribution in [2.24, 2.45) is 4.99 Å². The molecule has 1 aliphatic rings. The molecule has 1 unspecified atom stereocenters. The molecule has 0 bridgehead atoms. The van der Waals surface area contributed by atoms with Crippen molar-refractivity contribution in [3.8, 4) is 11.5 Å². The monoisotopic (exact) mass is 439 g/mol. The fourth-order valence-electron chi connectivity index (χ4n) is 2.46. The van der Waals surface area contributed by atoms with Crippen molar-refractivity contribution < 1.29 is 9.47 Å². The van der Waals surface area contributed by atoms with Crippen LogP contribution in [-0.4, -0.2) is 19.8 Å². The van der Waals surface area contributed by atoms with Gasteiger partial charge in [-0.25, -0.2) is 0 Å². The van der Waals surface area contributed by atoms with E-state index in [1.54, 1.807) is 7.05 Å². The Morgan fingerprint density at radius 2 is 1.88 bits per heavy atom. The predicted molar refractivity (Wildman–Crippen MR) is 106 cm³/mol. The molecule has 0 saturated heterocycles. The zero-order chi connectivity index (χ0) is 16.1. The minimum absolute atomic E-state index is 0. The Bertz CT molecular complexity index is 692. The van der Waals surface area contributed by atoms with Crippen molar-refractivity contribution in [2.45, 2.75) is 19.5 Å². The standard InChI is InChI=1S/C18H21N3O2.HI/c1-13(15-6-4-3-5-7-15)21-18(19-2)20-11-14-8-9-16-17(10-14)23-12-22-16;/h3-10,13H,11-12H2,1-2H3,(H2,19,20,21);1H. The zero-order valence-corrected chi connectivity index (χ0v) is 16.1. The van der Waals surface area contributed by atoms with E-state index in [4.69, 9.17) is 9.47 Å². The lowest BCUT2D eigenvalue weighted by atomic mass is 10.1. The average Bonchev–Trinajstić information content (AvgIpc) is 3.07. The summed E-state index contributed by atoms with van der Waals surface area (Å²) in [5.41, 5.74) is 2.34. The second-order valence-corrected chi connectivity index (χ2v) is 5.39. The Hall–Kier alpha value is -1.96. The summed E-state index contributed by atoms with van der Waals surface area (Å²) in [6.45, 7) is 3.07. The topological polar surface area (TPSA) is 54.9 Å². The van der Waals surface area contributed by atoms with Crippen molar-refractivity contribution in [3.63, 3.8) is 0 Å². The van der Waals surface area contributed by atoms with Gasteiger partial charge in [0.2, 0.25) is 6.79 Å². The van der Waals surface area contributed by atoms with Gasteiger partial charge in [0.15, 0.2) is 17.5 Å². The Kier molecular flexibility index (Phi) is 6.72. The van der Waals surface area contributed by atoms with Gasteiger partial charge < -0.3 is 20.1 Å². The van der Waals surface area contributed by atoms with Gasteiger partial charge in [-0.3, -0.25) is 4.99 Å². The van der Waals surface area contributed by atoms with Crippen molar-refractivity contribution in [1.82, 2.24) is 10.6 Å². The number of rotatable bonds is 4. The summed E-state index contributed by atoms with van der Waals surface area (Å²) in [5.74, 6) is 2.36. The van der Waals surface area contributed by atoms with Gasteiger partial charge in [0.1, 0.15) is 0 Å². The number of nitrogens with one attached hydrogen (secondary N) is 2. The summed E-state index contributed by atoms with van der Waals surface area (Å²) in [7, 11) is 1.77. The van der Waals surface area contributed by atoms with Crippen molar-refractivity contribution >= 4 is 29.9 Å². The molecule has 3 rings (SSSR count). The highest BCUT2D eigenvalue weighted by atomic mass is 127. The lowest BCUT2D eigenvalue weighted by Gasteiger charge is -2.18. The first-order valence-electron chi connectivity index (χ1n) is 7.67. The van der Waals surface area contributed by atoms with E-state index in [9.17, 15) is 0 Å². The average molecular weight is 439 g/mol. The third kappa shape index (κ3) is 4.53. The molecule has 2 N–H and O–H groups in total. The van der Waals surface area contributed by atoms with Gasteiger partial charge in [-0.15, -0.1) is 24.0 Å². The van der Waals surface area contributed by atoms with E-state index in [1.165, 1.54) is 5.56 Å². The molecule has 128 valence electrons. The van der Waals surface area contributed by atoms with Crippen LogP contribution in [0.2, 0.25) is 0 Å². The summed E-state index contributed by atoms with van der Waals surface area (Å²) in [6.07, 6.45) is 0. The molecular weight excluding hydrogens is 417 g/mol. The number of benzene rings is 2. The first-order valence-corrected chi connectivity index (χ1v) is 7.67. The summed E-state index contributed by atoms with van der Waals surface area (Å²) < 4.78 is 10.7. The molecule has 0 spiro atoms. The molecule has 0 aliphatic carbocycles. The minimum atomic E-state index is 0. The van der Waals surface area contributed by atoms with Crippen LogP contribution in [0.15, 0.2) is 53.5 Å². The molecule has 1 heterocycles. The third-order valence-electron chi connectivity index (χ3n) is 3.77. The lowest BCUT2D eigenvalue weighted by molar-refractivity contribution is 0.174. The van der Waals surface area contributed by atoms with Gasteiger partial charge in [0, 0.05) is 13.6 Å². The summed E-state index contributed by atoms with van der Waals surface area (Å²) in [6, 6.07) is 16.4. The fourth-order valence-corrected chi connectivity index (χ4v) is 2.46. The lowest BCUT2D eigenvalue weighted by Crippen LogP contribution is -2.38. The van der Waals surface area contributed by atoms with Crippen molar-refractivity contribution in [3.05, 3.63) is 59.7 Å². The van der Waals surface area contributed by atoms with Gasteiger partial charge in [0.05, 0.1) is 6.04 Å². The van der Waals surface area contributed by atoms with E-state index in [0.717, 1.165) is 23.0 Å². The summed E-state index contributed by atoms with van der Waals surface area (Å²) in [4.78, 5) is 4.28. The van der Waals surface area contributed by atoms with Crippen LogP contribution in [0.4, 0.5) is 0 Å². The van der Waals surface area contributed by atoms with E-state index in [-0.39, 0.29) is 30.0 Å². The van der Waals surface area contributed by atoms with Crippen LogP contribution in [-0.2, 0) is 6.54 Å². The molecule has 24 heavy (non-hydrogen) atoms. The van der Waals surface area contributed by atoms with Crippen LogP contribution in [0.5, 0.6) is 11.5 Å². The van der Waals surface area contributed by atoms with Crippen LogP contribution >= 0.6 is 24.0 Å². The second kappa shape index (κ2) is 8.77. The molecule has 5 nitrogen and oxygen atoms in total. The molecular formula is C18H22IN3O2.